The molecule has 1 aliphatic rings. The molecule has 1 aromatic carbocycles. The van der Waals surface area contributed by atoms with E-state index in [4.69, 9.17) is 15.6 Å². The fourth-order valence-corrected chi connectivity index (χ4v) is 1.58. The zero-order chi connectivity index (χ0) is 11.7. The van der Waals surface area contributed by atoms with E-state index in [-0.39, 0.29) is 6.61 Å². The van der Waals surface area contributed by atoms with Crippen LogP contribution in [0.25, 0.3) is 0 Å². The summed E-state index contributed by atoms with van der Waals surface area (Å²) in [5.41, 5.74) is 6.38. The number of anilines is 2. The van der Waals surface area contributed by atoms with Crippen LogP contribution in [-0.4, -0.2) is 29.8 Å². The molecule has 16 heavy (non-hydrogen) atoms. The Kier molecular flexibility index (Phi) is 2.40. The Balaban J connectivity index is 2.41. The SMILES string of the molecule is Nc1ccccc1N1C(=O)OCC1C(=O)O. The number of cyclic esters (lactones) is 1. The van der Waals surface area contributed by atoms with Gasteiger partial charge in [0.15, 0.2) is 6.04 Å². The number of amides is 1. The van der Waals surface area contributed by atoms with Crippen molar-refractivity contribution in [1.82, 2.24) is 0 Å². The molecular weight excluding hydrogens is 212 g/mol. The smallest absolute Gasteiger partial charge is 0.415 e. The van der Waals surface area contributed by atoms with Crippen LogP contribution in [0, 0.1) is 0 Å². The molecule has 0 saturated carbocycles. The number of carboxylic acids is 1. The first kappa shape index (κ1) is 10.3. The van der Waals surface area contributed by atoms with Gasteiger partial charge in [0.2, 0.25) is 0 Å². The number of ether oxygens (including phenoxy) is 1. The molecule has 2 rings (SSSR count). The van der Waals surface area contributed by atoms with Crippen LogP contribution in [0.2, 0.25) is 0 Å². The number of benzene rings is 1. The first-order valence-electron chi connectivity index (χ1n) is 4.64. The van der Waals surface area contributed by atoms with Gasteiger partial charge in [0.05, 0.1) is 11.4 Å². The molecule has 1 aromatic rings. The number of nitrogens with zero attached hydrogens (tertiary/aromatic N) is 1. The zero-order valence-electron chi connectivity index (χ0n) is 8.29. The predicted octanol–water partition coefficient (Wildman–Crippen LogP) is 0.679. The molecule has 6 nitrogen and oxygen atoms in total. The Morgan fingerprint density at radius 1 is 1.50 bits per heavy atom. The van der Waals surface area contributed by atoms with Crippen LogP contribution >= 0.6 is 0 Å². The molecule has 1 aliphatic heterocycles. The number of carbonyl (C=O) groups excluding carboxylic acids is 1. The maximum Gasteiger partial charge on any atom is 0.415 e. The topological polar surface area (TPSA) is 92.9 Å². The summed E-state index contributed by atoms with van der Waals surface area (Å²) in [5.74, 6) is -1.12. The zero-order valence-corrected chi connectivity index (χ0v) is 8.29. The van der Waals surface area contributed by atoms with Crippen molar-refractivity contribution in [2.24, 2.45) is 0 Å². The molecule has 0 spiro atoms. The van der Waals surface area contributed by atoms with Crippen LogP contribution in [0.1, 0.15) is 0 Å². The minimum absolute atomic E-state index is 0.164. The van der Waals surface area contributed by atoms with Gasteiger partial charge in [-0.1, -0.05) is 12.1 Å². The molecule has 3 N–H and O–H groups in total. The van der Waals surface area contributed by atoms with Gasteiger partial charge in [0, 0.05) is 0 Å². The molecule has 6 heteroatoms. The van der Waals surface area contributed by atoms with Crippen LogP contribution in [-0.2, 0) is 9.53 Å². The molecule has 1 fully saturated rings. The summed E-state index contributed by atoms with van der Waals surface area (Å²) in [5, 5.41) is 8.94. The number of aliphatic carboxylic acids is 1. The number of nitrogens with two attached hydrogens (primary N) is 1. The highest BCUT2D eigenvalue weighted by Gasteiger charge is 2.39. The molecule has 1 heterocycles. The van der Waals surface area contributed by atoms with Crippen LogP contribution in [0.15, 0.2) is 24.3 Å². The van der Waals surface area contributed by atoms with Gasteiger partial charge in [-0.2, -0.15) is 0 Å². The van der Waals surface area contributed by atoms with Crippen molar-refractivity contribution in [2.75, 3.05) is 17.2 Å². The highest BCUT2D eigenvalue weighted by Crippen LogP contribution is 2.28. The van der Waals surface area contributed by atoms with Crippen LogP contribution in [0.5, 0.6) is 0 Å². The maximum absolute atomic E-state index is 11.4. The molecule has 0 aromatic heterocycles. The number of hydrogen-bond acceptors (Lipinski definition) is 4. The Morgan fingerprint density at radius 3 is 2.81 bits per heavy atom. The average Bonchev–Trinajstić information content (AvgIpc) is 2.61. The van der Waals surface area contributed by atoms with E-state index in [9.17, 15) is 9.59 Å². The Labute approximate surface area is 91.2 Å². The molecule has 1 amide bonds. The minimum Gasteiger partial charge on any atom is -0.480 e. The lowest BCUT2D eigenvalue weighted by molar-refractivity contribution is -0.138. The fraction of sp³-hybridized carbons (Fsp3) is 0.200. The lowest BCUT2D eigenvalue weighted by atomic mass is 10.2. The van der Waals surface area contributed by atoms with E-state index in [1.54, 1.807) is 24.3 Å². The van der Waals surface area contributed by atoms with Crippen molar-refractivity contribution in [3.63, 3.8) is 0 Å². The number of para-hydroxylation sites is 2. The minimum atomic E-state index is -1.12. The Hall–Kier alpha value is -2.24. The molecule has 1 unspecified atom stereocenters. The molecule has 0 radical (unpaired) electrons. The third kappa shape index (κ3) is 1.54. The second-order valence-electron chi connectivity index (χ2n) is 3.36. The molecule has 84 valence electrons. The summed E-state index contributed by atoms with van der Waals surface area (Å²) in [6.07, 6.45) is -0.690. The maximum atomic E-state index is 11.4. The van der Waals surface area contributed by atoms with E-state index >= 15 is 0 Å². The molecule has 0 aliphatic carbocycles. The molecule has 1 saturated heterocycles. The fourth-order valence-electron chi connectivity index (χ4n) is 1.58. The largest absolute Gasteiger partial charge is 0.480 e. The van der Waals surface area contributed by atoms with Gasteiger partial charge in [-0.15, -0.1) is 0 Å². The summed E-state index contributed by atoms with van der Waals surface area (Å²) >= 11 is 0. The van der Waals surface area contributed by atoms with Crippen LogP contribution < -0.4 is 10.6 Å². The second-order valence-corrected chi connectivity index (χ2v) is 3.36. The van der Waals surface area contributed by atoms with Crippen LogP contribution in [0.4, 0.5) is 16.2 Å². The highest BCUT2D eigenvalue weighted by atomic mass is 16.6. The van der Waals surface area contributed by atoms with Crippen molar-refractivity contribution in [2.45, 2.75) is 6.04 Å². The number of hydrogen-bond donors (Lipinski definition) is 2. The van der Waals surface area contributed by atoms with Crippen molar-refractivity contribution >= 4 is 23.4 Å². The molecular formula is C10H10N2O4. The molecule has 1 atom stereocenters. The second kappa shape index (κ2) is 3.73. The number of carboxylic acid groups (broad SMARTS) is 1. The summed E-state index contributed by atoms with van der Waals surface area (Å²) in [4.78, 5) is 23.4. The lowest BCUT2D eigenvalue weighted by Gasteiger charge is -2.19. The van der Waals surface area contributed by atoms with Gasteiger partial charge in [-0.05, 0) is 12.1 Å². The summed E-state index contributed by atoms with van der Waals surface area (Å²) in [7, 11) is 0. The number of nitrogen functional groups attached to an aromatic ring is 1. The van der Waals surface area contributed by atoms with Crippen LogP contribution in [0.3, 0.4) is 0 Å². The Morgan fingerprint density at radius 2 is 2.19 bits per heavy atom. The van der Waals surface area contributed by atoms with E-state index in [1.165, 1.54) is 0 Å². The third-order valence-electron chi connectivity index (χ3n) is 2.35. The van der Waals surface area contributed by atoms with Gasteiger partial charge < -0.3 is 15.6 Å². The normalized spacial score (nSPS) is 19.6. The van der Waals surface area contributed by atoms with Gasteiger partial charge in [-0.25, -0.2) is 9.59 Å². The summed E-state index contributed by atoms with van der Waals surface area (Å²) < 4.78 is 4.70. The van der Waals surface area contributed by atoms with Crippen molar-refractivity contribution < 1.29 is 19.4 Å². The predicted molar refractivity (Wildman–Crippen MR) is 56.1 cm³/mol. The van der Waals surface area contributed by atoms with Gasteiger partial charge in [-0.3, -0.25) is 4.90 Å². The summed E-state index contributed by atoms with van der Waals surface area (Å²) in [6.45, 7) is -0.164. The lowest BCUT2D eigenvalue weighted by Crippen LogP contribution is -2.39. The third-order valence-corrected chi connectivity index (χ3v) is 2.35. The van der Waals surface area contributed by atoms with E-state index in [1.807, 2.05) is 0 Å². The number of carbonyl (C=O) groups is 2. The van der Waals surface area contributed by atoms with Gasteiger partial charge >= 0.3 is 12.1 Å². The van der Waals surface area contributed by atoms with Gasteiger partial charge in [0.1, 0.15) is 6.61 Å². The van der Waals surface area contributed by atoms with Crippen molar-refractivity contribution in [1.29, 1.82) is 0 Å². The Bertz CT molecular complexity index is 446. The monoisotopic (exact) mass is 222 g/mol. The highest BCUT2D eigenvalue weighted by molar-refractivity contribution is 6.00. The standard InChI is InChI=1S/C10H10N2O4/c11-6-3-1-2-4-7(6)12-8(9(13)14)5-16-10(12)15/h1-4,8H,5,11H2,(H,13,14). The first-order valence-corrected chi connectivity index (χ1v) is 4.64. The quantitative estimate of drug-likeness (QED) is 0.717. The number of rotatable bonds is 2. The van der Waals surface area contributed by atoms with Crippen molar-refractivity contribution in [3.05, 3.63) is 24.3 Å². The van der Waals surface area contributed by atoms with E-state index in [0.717, 1.165) is 4.90 Å². The van der Waals surface area contributed by atoms with E-state index in [0.29, 0.717) is 11.4 Å². The van der Waals surface area contributed by atoms with E-state index in [2.05, 4.69) is 0 Å². The summed E-state index contributed by atoms with van der Waals surface area (Å²) in [6, 6.07) is 5.54. The first-order chi connectivity index (χ1) is 7.61. The van der Waals surface area contributed by atoms with Crippen molar-refractivity contribution in [3.8, 4) is 0 Å². The van der Waals surface area contributed by atoms with Gasteiger partial charge in [0.25, 0.3) is 0 Å². The molecule has 0 bridgehead atoms. The van der Waals surface area contributed by atoms with E-state index < -0.39 is 18.1 Å². The average molecular weight is 222 g/mol.